The molecule has 0 spiro atoms. The van der Waals surface area contributed by atoms with Gasteiger partial charge in [-0.05, 0) is 19.1 Å². The van der Waals surface area contributed by atoms with Gasteiger partial charge in [-0.25, -0.2) is 4.98 Å². The predicted molar refractivity (Wildman–Crippen MR) is 79.2 cm³/mol. The van der Waals surface area contributed by atoms with Crippen molar-refractivity contribution in [3.8, 4) is 5.75 Å². The fraction of sp³-hybridized carbons (Fsp3) is 0.429. The van der Waals surface area contributed by atoms with E-state index in [4.69, 9.17) is 16.3 Å². The van der Waals surface area contributed by atoms with Crippen LogP contribution in [0.3, 0.4) is 0 Å². The zero-order chi connectivity index (χ0) is 14.7. The van der Waals surface area contributed by atoms with Crippen molar-refractivity contribution in [3.63, 3.8) is 0 Å². The first-order valence-corrected chi connectivity index (χ1v) is 6.97. The number of hydrogen-bond donors (Lipinski definition) is 0. The number of imidazole rings is 1. The van der Waals surface area contributed by atoms with Crippen molar-refractivity contribution in [3.05, 3.63) is 24.0 Å². The lowest BCUT2D eigenvalue weighted by Crippen LogP contribution is -2.30. The number of methoxy groups -OCH3 is 1. The molecule has 1 amide bonds. The zero-order valence-electron chi connectivity index (χ0n) is 11.9. The van der Waals surface area contributed by atoms with Crippen molar-refractivity contribution in [1.82, 2.24) is 14.5 Å². The SMILES string of the molecule is CCN(C)C(=O)Cn1c(CCl)nc2cc(OC)ccc21. The van der Waals surface area contributed by atoms with Crippen LogP contribution in [0, 0.1) is 0 Å². The summed E-state index contributed by atoms with van der Waals surface area (Å²) < 4.78 is 7.04. The van der Waals surface area contributed by atoms with Gasteiger partial charge >= 0.3 is 0 Å². The number of likely N-dealkylation sites (N-methyl/N-ethyl adjacent to an activating group) is 1. The Morgan fingerprint density at radius 1 is 1.50 bits per heavy atom. The van der Waals surface area contributed by atoms with E-state index in [0.29, 0.717) is 12.4 Å². The molecule has 0 radical (unpaired) electrons. The molecule has 1 heterocycles. The maximum absolute atomic E-state index is 12.1. The van der Waals surface area contributed by atoms with Crippen molar-refractivity contribution in [2.24, 2.45) is 0 Å². The average Bonchev–Trinajstić information content (AvgIpc) is 2.83. The Morgan fingerprint density at radius 2 is 2.25 bits per heavy atom. The third-order valence-electron chi connectivity index (χ3n) is 3.35. The normalized spacial score (nSPS) is 10.8. The highest BCUT2D eigenvalue weighted by molar-refractivity contribution is 6.16. The van der Waals surface area contributed by atoms with Gasteiger partial charge in [0.25, 0.3) is 0 Å². The molecule has 6 heteroatoms. The van der Waals surface area contributed by atoms with Crippen LogP contribution in [0.4, 0.5) is 0 Å². The van der Waals surface area contributed by atoms with Crippen molar-refractivity contribution in [2.75, 3.05) is 20.7 Å². The van der Waals surface area contributed by atoms with E-state index in [2.05, 4.69) is 4.98 Å². The Labute approximate surface area is 123 Å². The maximum Gasteiger partial charge on any atom is 0.242 e. The van der Waals surface area contributed by atoms with Crippen LogP contribution in [-0.2, 0) is 17.2 Å². The van der Waals surface area contributed by atoms with Gasteiger partial charge in [-0.15, -0.1) is 11.6 Å². The fourth-order valence-corrected chi connectivity index (χ4v) is 2.20. The molecular weight excluding hydrogens is 278 g/mol. The lowest BCUT2D eigenvalue weighted by molar-refractivity contribution is -0.130. The molecule has 5 nitrogen and oxygen atoms in total. The topological polar surface area (TPSA) is 47.4 Å². The van der Waals surface area contributed by atoms with E-state index in [1.807, 2.05) is 29.7 Å². The first-order chi connectivity index (χ1) is 9.60. The van der Waals surface area contributed by atoms with Crippen molar-refractivity contribution in [2.45, 2.75) is 19.3 Å². The second-order valence-corrected chi connectivity index (χ2v) is 4.78. The molecule has 0 unspecified atom stereocenters. The summed E-state index contributed by atoms with van der Waals surface area (Å²) in [5.41, 5.74) is 1.67. The van der Waals surface area contributed by atoms with Crippen LogP contribution in [0.1, 0.15) is 12.7 Å². The quantitative estimate of drug-likeness (QED) is 0.795. The number of carbonyl (C=O) groups is 1. The summed E-state index contributed by atoms with van der Waals surface area (Å²) >= 11 is 5.93. The first kappa shape index (κ1) is 14.7. The Balaban J connectivity index is 2.43. The number of aromatic nitrogens is 2. The van der Waals surface area contributed by atoms with Gasteiger partial charge in [-0.3, -0.25) is 4.79 Å². The molecule has 1 aromatic heterocycles. The third kappa shape index (κ3) is 2.72. The molecule has 0 atom stereocenters. The maximum atomic E-state index is 12.1. The molecule has 0 saturated carbocycles. The average molecular weight is 296 g/mol. The lowest BCUT2D eigenvalue weighted by atomic mass is 10.3. The minimum absolute atomic E-state index is 0.0361. The number of fused-ring (bicyclic) bond motifs is 1. The van der Waals surface area contributed by atoms with Gasteiger partial charge in [0.2, 0.25) is 5.91 Å². The molecule has 0 N–H and O–H groups in total. The van der Waals surface area contributed by atoms with Crippen LogP contribution in [-0.4, -0.2) is 41.1 Å². The molecule has 20 heavy (non-hydrogen) atoms. The highest BCUT2D eigenvalue weighted by Gasteiger charge is 2.15. The smallest absolute Gasteiger partial charge is 0.242 e. The van der Waals surface area contributed by atoms with E-state index in [1.54, 1.807) is 19.1 Å². The van der Waals surface area contributed by atoms with Crippen LogP contribution < -0.4 is 4.74 Å². The Bertz CT molecular complexity index is 624. The molecule has 2 aromatic rings. The highest BCUT2D eigenvalue weighted by atomic mass is 35.5. The molecule has 0 aliphatic rings. The lowest BCUT2D eigenvalue weighted by Gasteiger charge is -2.16. The van der Waals surface area contributed by atoms with Crippen molar-refractivity contribution >= 4 is 28.5 Å². The molecule has 0 bridgehead atoms. The number of benzene rings is 1. The Morgan fingerprint density at radius 3 is 2.85 bits per heavy atom. The van der Waals surface area contributed by atoms with Gasteiger partial charge in [0.15, 0.2) is 0 Å². The van der Waals surface area contributed by atoms with E-state index in [0.717, 1.165) is 16.8 Å². The van der Waals surface area contributed by atoms with Crippen LogP contribution in [0.2, 0.25) is 0 Å². The predicted octanol–water partition coefficient (Wildman–Crippen LogP) is 2.26. The van der Waals surface area contributed by atoms with Crippen molar-refractivity contribution in [1.29, 1.82) is 0 Å². The fourth-order valence-electron chi connectivity index (χ4n) is 2.00. The number of ether oxygens (including phenoxy) is 1. The molecule has 0 saturated heterocycles. The summed E-state index contributed by atoms with van der Waals surface area (Å²) in [7, 11) is 3.39. The summed E-state index contributed by atoms with van der Waals surface area (Å²) in [5.74, 6) is 1.72. The Hall–Kier alpha value is -1.75. The highest BCUT2D eigenvalue weighted by Crippen LogP contribution is 2.22. The molecule has 0 fully saturated rings. The van der Waals surface area contributed by atoms with E-state index in [-0.39, 0.29) is 18.3 Å². The van der Waals surface area contributed by atoms with E-state index in [9.17, 15) is 4.79 Å². The monoisotopic (exact) mass is 295 g/mol. The largest absolute Gasteiger partial charge is 0.497 e. The molecule has 0 aliphatic carbocycles. The van der Waals surface area contributed by atoms with Gasteiger partial charge in [0, 0.05) is 19.7 Å². The summed E-state index contributed by atoms with van der Waals surface area (Å²) in [6.45, 7) is 2.86. The number of amides is 1. The van der Waals surface area contributed by atoms with Crippen LogP contribution >= 0.6 is 11.6 Å². The van der Waals surface area contributed by atoms with E-state index < -0.39 is 0 Å². The summed E-state index contributed by atoms with van der Waals surface area (Å²) in [4.78, 5) is 18.2. The third-order valence-corrected chi connectivity index (χ3v) is 3.59. The van der Waals surface area contributed by atoms with Gasteiger partial charge in [-0.1, -0.05) is 0 Å². The second-order valence-electron chi connectivity index (χ2n) is 4.51. The molecule has 2 rings (SSSR count). The first-order valence-electron chi connectivity index (χ1n) is 6.43. The van der Waals surface area contributed by atoms with Gasteiger partial charge < -0.3 is 14.2 Å². The number of hydrogen-bond acceptors (Lipinski definition) is 3. The van der Waals surface area contributed by atoms with Crippen LogP contribution in [0.25, 0.3) is 11.0 Å². The number of halogens is 1. The Kier molecular flexibility index (Phi) is 4.49. The van der Waals surface area contributed by atoms with Crippen LogP contribution in [0.5, 0.6) is 5.75 Å². The summed E-state index contributed by atoms with van der Waals surface area (Å²) in [5, 5.41) is 0. The standard InChI is InChI=1S/C14H18ClN3O2/c1-4-17(2)14(19)9-18-12-6-5-10(20-3)7-11(12)16-13(18)8-15/h5-7H,4,8-9H2,1-3H3. The minimum Gasteiger partial charge on any atom is -0.497 e. The number of nitrogens with zero attached hydrogens (tertiary/aromatic N) is 3. The number of carbonyl (C=O) groups excluding carboxylic acids is 1. The summed E-state index contributed by atoms with van der Waals surface area (Å²) in [6, 6.07) is 5.60. The molecule has 0 aliphatic heterocycles. The molecular formula is C14H18ClN3O2. The number of alkyl halides is 1. The zero-order valence-corrected chi connectivity index (χ0v) is 12.6. The second kappa shape index (κ2) is 6.13. The van der Waals surface area contributed by atoms with Crippen LogP contribution in [0.15, 0.2) is 18.2 Å². The van der Waals surface area contributed by atoms with Gasteiger partial charge in [-0.2, -0.15) is 0 Å². The molecule has 1 aromatic carbocycles. The minimum atomic E-state index is 0.0361. The van der Waals surface area contributed by atoms with Gasteiger partial charge in [0.05, 0.1) is 24.0 Å². The van der Waals surface area contributed by atoms with E-state index in [1.165, 1.54) is 0 Å². The van der Waals surface area contributed by atoms with Crippen molar-refractivity contribution < 1.29 is 9.53 Å². The molecule has 108 valence electrons. The summed E-state index contributed by atoms with van der Waals surface area (Å²) in [6.07, 6.45) is 0. The van der Waals surface area contributed by atoms with E-state index >= 15 is 0 Å². The van der Waals surface area contributed by atoms with Gasteiger partial charge in [0.1, 0.15) is 18.1 Å². The number of rotatable bonds is 5.